The van der Waals surface area contributed by atoms with Gasteiger partial charge < -0.3 is 14.3 Å². The molecule has 0 unspecified atom stereocenters. The van der Waals surface area contributed by atoms with E-state index in [0.29, 0.717) is 37.6 Å². The number of furan rings is 1. The van der Waals surface area contributed by atoms with Gasteiger partial charge in [-0.3, -0.25) is 14.4 Å². The number of Topliss-reactive ketones (excluding diaryl/α,β-unsaturated/α-hetero) is 1. The fraction of sp³-hybridized carbons (Fsp3) is 0.417. The van der Waals surface area contributed by atoms with Crippen molar-refractivity contribution < 1.29 is 14.0 Å². The largest absolute Gasteiger partial charge is 0.442 e. The van der Waals surface area contributed by atoms with Crippen LogP contribution in [0.2, 0.25) is 0 Å². The van der Waals surface area contributed by atoms with E-state index >= 15 is 0 Å². The highest BCUT2D eigenvalue weighted by Gasteiger charge is 2.31. The Morgan fingerprint density at radius 3 is 2.52 bits per heavy atom. The molecule has 3 heterocycles. The third kappa shape index (κ3) is 4.17. The number of H-pyrrole nitrogens is 1. The maximum atomic E-state index is 13.1. The number of aromatic amines is 1. The number of piperidine rings is 1. The predicted molar refractivity (Wildman–Crippen MR) is 117 cm³/mol. The van der Waals surface area contributed by atoms with E-state index in [0.717, 1.165) is 12.0 Å². The molecule has 31 heavy (non-hydrogen) atoms. The summed E-state index contributed by atoms with van der Waals surface area (Å²) in [5.74, 6) is 0.731. The van der Waals surface area contributed by atoms with Gasteiger partial charge in [0.15, 0.2) is 5.78 Å². The van der Waals surface area contributed by atoms with Crippen molar-refractivity contribution in [2.45, 2.75) is 40.0 Å². The summed E-state index contributed by atoms with van der Waals surface area (Å²) in [4.78, 5) is 46.5. The van der Waals surface area contributed by atoms with Crippen LogP contribution in [0.4, 0.5) is 0 Å². The third-order valence-corrected chi connectivity index (χ3v) is 5.92. The second kappa shape index (κ2) is 8.49. The molecule has 3 aromatic rings. The lowest BCUT2D eigenvalue weighted by atomic mass is 9.88. The van der Waals surface area contributed by atoms with E-state index in [1.54, 1.807) is 11.8 Å². The second-order valence-corrected chi connectivity index (χ2v) is 8.67. The first-order valence-electron chi connectivity index (χ1n) is 10.7. The Hall–Kier alpha value is -3.22. The zero-order valence-corrected chi connectivity index (χ0v) is 18.1. The van der Waals surface area contributed by atoms with Gasteiger partial charge in [-0.2, -0.15) is 0 Å². The van der Waals surface area contributed by atoms with Crippen LogP contribution in [-0.4, -0.2) is 39.6 Å². The molecule has 0 radical (unpaired) electrons. The normalized spacial score (nSPS) is 15.0. The highest BCUT2D eigenvalue weighted by Crippen LogP contribution is 2.27. The number of likely N-dealkylation sites (tertiary alicyclic amines) is 1. The zero-order chi connectivity index (χ0) is 22.1. The topological polar surface area (TPSA) is 96.3 Å². The van der Waals surface area contributed by atoms with Gasteiger partial charge >= 0.3 is 0 Å². The first-order chi connectivity index (χ1) is 14.8. The number of carbonyl (C=O) groups excluding carboxylic acids is 2. The summed E-state index contributed by atoms with van der Waals surface area (Å²) in [7, 11) is 0. The van der Waals surface area contributed by atoms with Gasteiger partial charge in [0.2, 0.25) is 5.71 Å². The maximum absolute atomic E-state index is 13.1. The molecule has 0 spiro atoms. The summed E-state index contributed by atoms with van der Waals surface area (Å²) in [5, 5.41) is 0.185. The molecule has 0 bridgehead atoms. The number of hydrogen-bond donors (Lipinski definition) is 1. The van der Waals surface area contributed by atoms with Crippen LogP contribution in [0, 0.1) is 18.8 Å². The van der Waals surface area contributed by atoms with Crippen LogP contribution in [-0.2, 0) is 6.42 Å². The van der Waals surface area contributed by atoms with Crippen molar-refractivity contribution in [2.75, 3.05) is 13.1 Å². The third-order valence-electron chi connectivity index (χ3n) is 5.92. The molecule has 7 nitrogen and oxygen atoms in total. The van der Waals surface area contributed by atoms with Crippen LogP contribution < -0.4 is 5.56 Å². The van der Waals surface area contributed by atoms with Crippen LogP contribution >= 0.6 is 0 Å². The van der Waals surface area contributed by atoms with Crippen molar-refractivity contribution >= 4 is 22.8 Å². The molecule has 0 aliphatic carbocycles. The number of rotatable bonds is 5. The number of nitrogens with zero attached hydrogens (tertiary/aromatic N) is 2. The number of benzene rings is 1. The number of ketones is 1. The number of hydrogen-bond acceptors (Lipinski definition) is 5. The van der Waals surface area contributed by atoms with Gasteiger partial charge in [0.1, 0.15) is 11.1 Å². The number of nitrogens with one attached hydrogen (secondary N) is 1. The summed E-state index contributed by atoms with van der Waals surface area (Å²) in [5.41, 5.74) is 1.99. The van der Waals surface area contributed by atoms with Gasteiger partial charge in [0.05, 0.1) is 11.9 Å². The highest BCUT2D eigenvalue weighted by molar-refractivity contribution is 6.06. The number of fused-ring (bicyclic) bond motifs is 1. The Balaban J connectivity index is 1.44. The SMILES string of the molecule is Cc1oc2nc[nH]c(=O)c2c1C(=O)N1CCC(C(=O)c2ccc(CC(C)C)cc2)CC1. The standard InChI is InChI=1S/C24H27N3O4/c1-14(2)12-16-4-6-17(7-5-16)21(28)18-8-10-27(11-9-18)24(30)19-15(3)31-23-20(19)22(29)25-13-26-23/h4-7,13-14,18H,8-12H2,1-3H3,(H,25,26,29). The van der Waals surface area contributed by atoms with E-state index in [1.165, 1.54) is 11.9 Å². The number of carbonyl (C=O) groups is 2. The first-order valence-corrected chi connectivity index (χ1v) is 10.7. The molecule has 1 aliphatic rings. The minimum absolute atomic E-state index is 0.104. The van der Waals surface area contributed by atoms with Crippen molar-refractivity contribution in [2.24, 2.45) is 11.8 Å². The Kier molecular flexibility index (Phi) is 5.76. The van der Waals surface area contributed by atoms with Crippen LogP contribution in [0.25, 0.3) is 11.1 Å². The molecule has 2 aromatic heterocycles. The molecule has 7 heteroatoms. The highest BCUT2D eigenvalue weighted by atomic mass is 16.3. The zero-order valence-electron chi connectivity index (χ0n) is 18.1. The van der Waals surface area contributed by atoms with Crippen molar-refractivity contribution in [3.05, 3.63) is 63.4 Å². The molecular formula is C24H27N3O4. The van der Waals surface area contributed by atoms with Crippen LogP contribution in [0.5, 0.6) is 0 Å². The van der Waals surface area contributed by atoms with Gasteiger partial charge in [-0.15, -0.1) is 0 Å². The van der Waals surface area contributed by atoms with E-state index in [2.05, 4.69) is 23.8 Å². The lowest BCUT2D eigenvalue weighted by Crippen LogP contribution is -2.40. The van der Waals surface area contributed by atoms with Crippen molar-refractivity contribution in [1.82, 2.24) is 14.9 Å². The summed E-state index contributed by atoms with van der Waals surface area (Å²) in [6.45, 7) is 6.94. The van der Waals surface area contributed by atoms with E-state index in [-0.39, 0.29) is 34.3 Å². The van der Waals surface area contributed by atoms with E-state index in [4.69, 9.17) is 4.42 Å². The number of aryl methyl sites for hydroxylation is 1. The molecule has 0 saturated carbocycles. The lowest BCUT2D eigenvalue weighted by Gasteiger charge is -2.31. The van der Waals surface area contributed by atoms with E-state index < -0.39 is 5.56 Å². The lowest BCUT2D eigenvalue weighted by molar-refractivity contribution is 0.0650. The molecule has 0 atom stereocenters. The molecule has 162 valence electrons. The summed E-state index contributed by atoms with van der Waals surface area (Å²) < 4.78 is 5.51. The average Bonchev–Trinajstić information content (AvgIpc) is 3.10. The molecule has 4 rings (SSSR count). The predicted octanol–water partition coefficient (Wildman–Crippen LogP) is 3.76. The first kappa shape index (κ1) is 21.0. The van der Waals surface area contributed by atoms with E-state index in [1.807, 2.05) is 24.3 Å². The van der Waals surface area contributed by atoms with Gasteiger partial charge in [0, 0.05) is 24.6 Å². The van der Waals surface area contributed by atoms with E-state index in [9.17, 15) is 14.4 Å². The molecular weight excluding hydrogens is 394 g/mol. The number of amides is 1. The van der Waals surface area contributed by atoms with Crippen molar-refractivity contribution in [1.29, 1.82) is 0 Å². The number of aromatic nitrogens is 2. The quantitative estimate of drug-likeness (QED) is 0.633. The monoisotopic (exact) mass is 421 g/mol. The molecule has 1 N–H and O–H groups in total. The minimum Gasteiger partial charge on any atom is -0.442 e. The Morgan fingerprint density at radius 2 is 1.87 bits per heavy atom. The van der Waals surface area contributed by atoms with Gasteiger partial charge in [-0.05, 0) is 37.7 Å². The molecule has 1 aromatic carbocycles. The van der Waals surface area contributed by atoms with Gasteiger partial charge in [-0.25, -0.2) is 4.98 Å². The van der Waals surface area contributed by atoms with Gasteiger partial charge in [0.25, 0.3) is 11.5 Å². The summed E-state index contributed by atoms with van der Waals surface area (Å²) in [6.07, 6.45) is 3.45. The van der Waals surface area contributed by atoms with Crippen LogP contribution in [0.1, 0.15) is 58.7 Å². The fourth-order valence-electron chi connectivity index (χ4n) is 4.33. The van der Waals surface area contributed by atoms with Crippen molar-refractivity contribution in [3.8, 4) is 0 Å². The average molecular weight is 421 g/mol. The fourth-order valence-corrected chi connectivity index (χ4v) is 4.33. The molecule has 1 saturated heterocycles. The van der Waals surface area contributed by atoms with Crippen LogP contribution in [0.15, 0.2) is 39.8 Å². The Bertz CT molecular complexity index is 1170. The van der Waals surface area contributed by atoms with Crippen molar-refractivity contribution in [3.63, 3.8) is 0 Å². The summed E-state index contributed by atoms with van der Waals surface area (Å²) >= 11 is 0. The Morgan fingerprint density at radius 1 is 1.19 bits per heavy atom. The molecule has 1 aliphatic heterocycles. The van der Waals surface area contributed by atoms with Gasteiger partial charge in [-0.1, -0.05) is 38.1 Å². The molecule has 1 fully saturated rings. The Labute approximate surface area is 180 Å². The smallest absolute Gasteiger partial charge is 0.262 e. The second-order valence-electron chi connectivity index (χ2n) is 8.67. The minimum atomic E-state index is -0.392. The maximum Gasteiger partial charge on any atom is 0.262 e. The molecule has 1 amide bonds. The summed E-state index contributed by atoms with van der Waals surface area (Å²) in [6, 6.07) is 7.89. The van der Waals surface area contributed by atoms with Crippen LogP contribution in [0.3, 0.4) is 0 Å².